The Morgan fingerprint density at radius 1 is 1.43 bits per heavy atom. The number of nitrogens with zero attached hydrogens (tertiary/aromatic N) is 3. The van der Waals surface area contributed by atoms with Crippen LogP contribution in [0.25, 0.3) is 0 Å². The van der Waals surface area contributed by atoms with Gasteiger partial charge < -0.3 is 10.2 Å². The normalized spacial score (nSPS) is 19.4. The minimum Gasteiger partial charge on any atom is -0.366 e. The van der Waals surface area contributed by atoms with E-state index in [1.165, 1.54) is 0 Å². The Morgan fingerprint density at radius 3 is 2.95 bits per heavy atom. The number of nitrogens with one attached hydrogen (secondary N) is 1. The average Bonchev–Trinajstić information content (AvgIpc) is 2.88. The van der Waals surface area contributed by atoms with Crippen LogP contribution in [-0.2, 0) is 4.79 Å². The van der Waals surface area contributed by atoms with Gasteiger partial charge in [-0.2, -0.15) is 0 Å². The van der Waals surface area contributed by atoms with Gasteiger partial charge in [-0.05, 0) is 25.0 Å². The highest BCUT2D eigenvalue weighted by Gasteiger charge is 2.39. The van der Waals surface area contributed by atoms with Gasteiger partial charge in [-0.1, -0.05) is 6.92 Å². The van der Waals surface area contributed by atoms with Crippen molar-refractivity contribution in [3.05, 3.63) is 17.8 Å². The van der Waals surface area contributed by atoms with Crippen LogP contribution < -0.4 is 15.1 Å². The van der Waals surface area contributed by atoms with E-state index in [0.29, 0.717) is 18.1 Å². The Bertz CT molecular complexity index is 587. The van der Waals surface area contributed by atoms with Crippen molar-refractivity contribution in [1.29, 1.82) is 0 Å². The van der Waals surface area contributed by atoms with Crippen molar-refractivity contribution >= 4 is 23.3 Å². The molecule has 1 aromatic heterocycles. The molecule has 0 unspecified atom stereocenters. The molecule has 3 heterocycles. The molecule has 1 aromatic rings. The summed E-state index contributed by atoms with van der Waals surface area (Å²) in [5.74, 6) is 0.429. The maximum absolute atomic E-state index is 12.1. The van der Waals surface area contributed by atoms with Crippen molar-refractivity contribution in [2.24, 2.45) is 0 Å². The number of hydrogen-bond donors (Lipinski definition) is 1. The Labute approximate surface area is 124 Å². The standard InChI is InChI=1S/C15H20N4O2/c1-3-7-16-15(21)12-4-5-13-14(17-12)19(10(2)20)11-6-8-18(13)9-11/h4-5,11H,3,6-9H2,1-2H3,(H,16,21)/t11-/m0/s1. The molecule has 1 fully saturated rings. The Morgan fingerprint density at radius 2 is 2.24 bits per heavy atom. The topological polar surface area (TPSA) is 65.5 Å². The number of fused-ring (bicyclic) bond motifs is 4. The molecule has 2 bridgehead atoms. The highest BCUT2D eigenvalue weighted by molar-refractivity contribution is 5.98. The Hall–Kier alpha value is -2.11. The van der Waals surface area contributed by atoms with E-state index in [1.807, 2.05) is 13.0 Å². The van der Waals surface area contributed by atoms with Gasteiger partial charge in [0, 0.05) is 26.6 Å². The third-order valence-corrected chi connectivity index (χ3v) is 4.06. The highest BCUT2D eigenvalue weighted by atomic mass is 16.2. The molecule has 0 spiro atoms. The summed E-state index contributed by atoms with van der Waals surface area (Å²) in [7, 11) is 0. The Kier molecular flexibility index (Phi) is 3.53. The highest BCUT2D eigenvalue weighted by Crippen LogP contribution is 2.38. The fourth-order valence-electron chi connectivity index (χ4n) is 3.07. The second-order valence-electron chi connectivity index (χ2n) is 5.57. The first-order chi connectivity index (χ1) is 10.1. The van der Waals surface area contributed by atoms with E-state index in [1.54, 1.807) is 17.9 Å². The van der Waals surface area contributed by atoms with Crippen LogP contribution in [0.15, 0.2) is 12.1 Å². The summed E-state index contributed by atoms with van der Waals surface area (Å²) >= 11 is 0. The molecule has 6 nitrogen and oxygen atoms in total. The maximum atomic E-state index is 12.1. The number of carbonyl (C=O) groups is 2. The molecule has 6 heteroatoms. The first kappa shape index (κ1) is 13.9. The number of aromatic nitrogens is 1. The monoisotopic (exact) mass is 288 g/mol. The molecule has 21 heavy (non-hydrogen) atoms. The molecular weight excluding hydrogens is 268 g/mol. The molecular formula is C15H20N4O2. The summed E-state index contributed by atoms with van der Waals surface area (Å²) in [5.41, 5.74) is 1.32. The number of anilines is 2. The van der Waals surface area contributed by atoms with E-state index < -0.39 is 0 Å². The number of carbonyl (C=O) groups excluding carboxylic acids is 2. The van der Waals surface area contributed by atoms with E-state index >= 15 is 0 Å². The third-order valence-electron chi connectivity index (χ3n) is 4.06. The van der Waals surface area contributed by atoms with Gasteiger partial charge in [0.25, 0.3) is 5.91 Å². The van der Waals surface area contributed by atoms with Gasteiger partial charge in [-0.3, -0.25) is 14.5 Å². The molecule has 2 amide bonds. The minimum atomic E-state index is -0.184. The van der Waals surface area contributed by atoms with Gasteiger partial charge in [-0.25, -0.2) is 4.98 Å². The van der Waals surface area contributed by atoms with Crippen LogP contribution in [0.3, 0.4) is 0 Å². The summed E-state index contributed by atoms with van der Waals surface area (Å²) in [6.45, 7) is 5.98. The predicted molar refractivity (Wildman–Crippen MR) is 80.6 cm³/mol. The molecule has 0 aromatic carbocycles. The second kappa shape index (κ2) is 5.35. The lowest BCUT2D eigenvalue weighted by Gasteiger charge is -2.35. The lowest BCUT2D eigenvalue weighted by molar-refractivity contribution is -0.117. The fourth-order valence-corrected chi connectivity index (χ4v) is 3.07. The molecule has 1 atom stereocenters. The zero-order valence-corrected chi connectivity index (χ0v) is 12.4. The van der Waals surface area contributed by atoms with Crippen molar-refractivity contribution in [3.8, 4) is 0 Å². The lowest BCUT2D eigenvalue weighted by atomic mass is 10.1. The molecule has 1 N–H and O–H groups in total. The Balaban J connectivity index is 1.96. The van der Waals surface area contributed by atoms with Gasteiger partial charge in [0.2, 0.25) is 5.91 Å². The van der Waals surface area contributed by atoms with Crippen LogP contribution in [0, 0.1) is 0 Å². The van der Waals surface area contributed by atoms with E-state index in [4.69, 9.17) is 0 Å². The van der Waals surface area contributed by atoms with Crippen LogP contribution in [0.1, 0.15) is 37.2 Å². The molecule has 0 radical (unpaired) electrons. The summed E-state index contributed by atoms with van der Waals surface area (Å²) in [4.78, 5) is 32.5. The van der Waals surface area contributed by atoms with Gasteiger partial charge in [-0.15, -0.1) is 0 Å². The molecule has 112 valence electrons. The van der Waals surface area contributed by atoms with E-state index in [-0.39, 0.29) is 17.9 Å². The van der Waals surface area contributed by atoms with Crippen LogP contribution in [-0.4, -0.2) is 42.5 Å². The zero-order chi connectivity index (χ0) is 15.0. The number of rotatable bonds is 3. The van der Waals surface area contributed by atoms with Gasteiger partial charge in [0.05, 0.1) is 11.7 Å². The first-order valence-electron chi connectivity index (χ1n) is 7.45. The van der Waals surface area contributed by atoms with Crippen molar-refractivity contribution in [2.75, 3.05) is 29.4 Å². The lowest BCUT2D eigenvalue weighted by Crippen LogP contribution is -2.45. The molecule has 1 saturated heterocycles. The fraction of sp³-hybridized carbons (Fsp3) is 0.533. The average molecular weight is 288 g/mol. The quantitative estimate of drug-likeness (QED) is 0.906. The number of pyridine rings is 1. The van der Waals surface area contributed by atoms with E-state index in [0.717, 1.165) is 31.6 Å². The van der Waals surface area contributed by atoms with Gasteiger partial charge >= 0.3 is 0 Å². The molecule has 0 saturated carbocycles. The first-order valence-corrected chi connectivity index (χ1v) is 7.45. The summed E-state index contributed by atoms with van der Waals surface area (Å²) in [6, 6.07) is 3.82. The molecule has 3 rings (SSSR count). The van der Waals surface area contributed by atoms with Crippen LogP contribution in [0.5, 0.6) is 0 Å². The second-order valence-corrected chi connectivity index (χ2v) is 5.57. The van der Waals surface area contributed by atoms with Crippen LogP contribution >= 0.6 is 0 Å². The summed E-state index contributed by atoms with van der Waals surface area (Å²) in [6.07, 6.45) is 1.83. The van der Waals surface area contributed by atoms with Crippen molar-refractivity contribution < 1.29 is 9.59 Å². The predicted octanol–water partition coefficient (Wildman–Crippen LogP) is 1.17. The van der Waals surface area contributed by atoms with Crippen molar-refractivity contribution in [3.63, 3.8) is 0 Å². The van der Waals surface area contributed by atoms with Crippen molar-refractivity contribution in [1.82, 2.24) is 10.3 Å². The zero-order valence-electron chi connectivity index (χ0n) is 12.4. The van der Waals surface area contributed by atoms with Gasteiger partial charge in [0.1, 0.15) is 5.69 Å². The summed E-state index contributed by atoms with van der Waals surface area (Å²) < 4.78 is 0. The molecule has 2 aliphatic rings. The van der Waals surface area contributed by atoms with E-state index in [2.05, 4.69) is 15.2 Å². The molecule has 0 aliphatic carbocycles. The third kappa shape index (κ3) is 2.34. The van der Waals surface area contributed by atoms with Crippen LogP contribution in [0.4, 0.5) is 11.5 Å². The minimum absolute atomic E-state index is 0.0126. The number of amides is 2. The molecule has 2 aliphatic heterocycles. The van der Waals surface area contributed by atoms with Crippen LogP contribution in [0.2, 0.25) is 0 Å². The van der Waals surface area contributed by atoms with Gasteiger partial charge in [0.15, 0.2) is 5.82 Å². The largest absolute Gasteiger partial charge is 0.366 e. The van der Waals surface area contributed by atoms with E-state index in [9.17, 15) is 9.59 Å². The number of hydrogen-bond acceptors (Lipinski definition) is 4. The maximum Gasteiger partial charge on any atom is 0.269 e. The van der Waals surface area contributed by atoms with Crippen molar-refractivity contribution in [2.45, 2.75) is 32.7 Å². The smallest absolute Gasteiger partial charge is 0.269 e. The SMILES string of the molecule is CCCNC(=O)c1ccc2c(n1)N(C(C)=O)[C@H]1CCN2C1. The summed E-state index contributed by atoms with van der Waals surface area (Å²) in [5, 5.41) is 2.82.